The Morgan fingerprint density at radius 2 is 2.50 bits per heavy atom. The molecular weight excluding hydrogens is 184 g/mol. The number of rotatable bonds is 3. The number of alkyl carbamates (subject to hydrolysis) is 1. The van der Waals surface area contributed by atoms with E-state index >= 15 is 0 Å². The normalized spacial score (nSPS) is 24.6. The van der Waals surface area contributed by atoms with Gasteiger partial charge in [0.25, 0.3) is 0 Å². The van der Waals surface area contributed by atoms with Gasteiger partial charge < -0.3 is 15.2 Å². The van der Waals surface area contributed by atoms with E-state index in [1.54, 1.807) is 6.92 Å². The Kier molecular flexibility index (Phi) is 4.16. The van der Waals surface area contributed by atoms with Crippen LogP contribution in [0.15, 0.2) is 0 Å². The number of ether oxygens (including phenoxy) is 1. The second kappa shape index (κ2) is 5.17. The highest BCUT2D eigenvalue weighted by Gasteiger charge is 2.24. The minimum atomic E-state index is -0.381. The van der Waals surface area contributed by atoms with Crippen molar-refractivity contribution in [2.45, 2.75) is 25.5 Å². The van der Waals surface area contributed by atoms with Gasteiger partial charge in [-0.3, -0.25) is 4.90 Å². The van der Waals surface area contributed by atoms with Crippen LogP contribution in [0.4, 0.5) is 4.79 Å². The van der Waals surface area contributed by atoms with Gasteiger partial charge in [0, 0.05) is 25.7 Å². The third-order valence-corrected chi connectivity index (χ3v) is 2.30. The number of hydrogen-bond donors (Lipinski definition) is 2. The fourth-order valence-corrected chi connectivity index (χ4v) is 1.72. The lowest BCUT2D eigenvalue weighted by Gasteiger charge is -2.17. The molecule has 1 aliphatic rings. The van der Waals surface area contributed by atoms with Crippen LogP contribution in [0.3, 0.4) is 0 Å². The summed E-state index contributed by atoms with van der Waals surface area (Å²) in [6.45, 7) is 4.14. The second-order valence-corrected chi connectivity index (χ2v) is 3.73. The van der Waals surface area contributed by atoms with Gasteiger partial charge in [0.05, 0.1) is 13.2 Å². The predicted octanol–water partition coefficient (Wildman–Crippen LogP) is -0.203. The predicted molar refractivity (Wildman–Crippen MR) is 52.1 cm³/mol. The number of nitrogens with zero attached hydrogens (tertiary/aromatic N) is 1. The van der Waals surface area contributed by atoms with Crippen LogP contribution in [0.2, 0.25) is 0 Å². The highest BCUT2D eigenvalue weighted by molar-refractivity contribution is 5.67. The standard InChI is InChI=1S/C9H18N2O3/c1-7(12)5-11-4-3-8(6-11)10-9(13)14-2/h7-8,12H,3-6H2,1-2H3,(H,10,13)/t7-,8?/m0/s1. The summed E-state index contributed by atoms with van der Waals surface area (Å²) in [6, 6.07) is 0.154. The minimum absolute atomic E-state index is 0.154. The van der Waals surface area contributed by atoms with Gasteiger partial charge >= 0.3 is 6.09 Å². The van der Waals surface area contributed by atoms with E-state index in [1.807, 2.05) is 0 Å². The van der Waals surface area contributed by atoms with E-state index in [4.69, 9.17) is 0 Å². The molecule has 1 unspecified atom stereocenters. The Hall–Kier alpha value is -0.810. The number of carbonyl (C=O) groups excluding carboxylic acids is 1. The average Bonchev–Trinajstić information content (AvgIpc) is 2.51. The molecule has 0 aromatic heterocycles. The lowest BCUT2D eigenvalue weighted by atomic mass is 10.3. The SMILES string of the molecule is COC(=O)NC1CCN(C[C@H](C)O)C1. The Labute approximate surface area is 84.0 Å². The molecule has 1 amide bonds. The average molecular weight is 202 g/mol. The van der Waals surface area contributed by atoms with Gasteiger partial charge in [-0.2, -0.15) is 0 Å². The van der Waals surface area contributed by atoms with E-state index in [-0.39, 0.29) is 18.2 Å². The summed E-state index contributed by atoms with van der Waals surface area (Å²) in [4.78, 5) is 13.0. The van der Waals surface area contributed by atoms with Crippen molar-refractivity contribution in [1.82, 2.24) is 10.2 Å². The van der Waals surface area contributed by atoms with Crippen molar-refractivity contribution < 1.29 is 14.6 Å². The van der Waals surface area contributed by atoms with Crippen LogP contribution in [-0.2, 0) is 4.74 Å². The molecule has 0 bridgehead atoms. The van der Waals surface area contributed by atoms with E-state index in [2.05, 4.69) is 15.0 Å². The van der Waals surface area contributed by atoms with Gasteiger partial charge in [-0.15, -0.1) is 0 Å². The van der Waals surface area contributed by atoms with Gasteiger partial charge in [0.15, 0.2) is 0 Å². The van der Waals surface area contributed by atoms with E-state index in [9.17, 15) is 9.90 Å². The zero-order valence-corrected chi connectivity index (χ0v) is 8.69. The molecule has 1 saturated heterocycles. The molecule has 5 nitrogen and oxygen atoms in total. The molecule has 1 rings (SSSR count). The molecule has 0 aromatic carbocycles. The summed E-state index contributed by atoms with van der Waals surface area (Å²) >= 11 is 0. The zero-order valence-electron chi connectivity index (χ0n) is 8.69. The van der Waals surface area contributed by atoms with Crippen molar-refractivity contribution in [3.63, 3.8) is 0 Å². The first kappa shape index (κ1) is 11.3. The fourth-order valence-electron chi connectivity index (χ4n) is 1.72. The van der Waals surface area contributed by atoms with Crippen molar-refractivity contribution >= 4 is 6.09 Å². The Morgan fingerprint density at radius 1 is 1.79 bits per heavy atom. The number of aliphatic hydroxyl groups is 1. The number of nitrogens with one attached hydrogen (secondary N) is 1. The molecule has 5 heteroatoms. The maximum atomic E-state index is 10.9. The summed E-state index contributed by atoms with van der Waals surface area (Å²) in [5.41, 5.74) is 0. The molecule has 82 valence electrons. The van der Waals surface area contributed by atoms with Gasteiger partial charge in [-0.25, -0.2) is 4.79 Å². The number of β-amino-alcohol motifs (C(OH)–C–C–N with tert-alkyl or cyclic N) is 1. The number of likely N-dealkylation sites (tertiary alicyclic amines) is 1. The maximum Gasteiger partial charge on any atom is 0.407 e. The third-order valence-electron chi connectivity index (χ3n) is 2.30. The van der Waals surface area contributed by atoms with Gasteiger partial charge in [-0.05, 0) is 13.3 Å². The fraction of sp³-hybridized carbons (Fsp3) is 0.889. The van der Waals surface area contributed by atoms with Crippen molar-refractivity contribution in [2.24, 2.45) is 0 Å². The van der Waals surface area contributed by atoms with Gasteiger partial charge in [0.2, 0.25) is 0 Å². The minimum Gasteiger partial charge on any atom is -0.453 e. The second-order valence-electron chi connectivity index (χ2n) is 3.73. The lowest BCUT2D eigenvalue weighted by Crippen LogP contribution is -2.38. The molecule has 1 fully saturated rings. The zero-order chi connectivity index (χ0) is 10.6. The summed E-state index contributed by atoms with van der Waals surface area (Å²) < 4.78 is 4.51. The van der Waals surface area contributed by atoms with E-state index in [1.165, 1.54) is 7.11 Å². The van der Waals surface area contributed by atoms with Crippen LogP contribution in [-0.4, -0.2) is 55.0 Å². The van der Waals surface area contributed by atoms with Crippen LogP contribution in [0.25, 0.3) is 0 Å². The molecule has 0 spiro atoms. The molecule has 0 radical (unpaired) electrons. The number of hydrogen-bond acceptors (Lipinski definition) is 4. The molecule has 1 aliphatic heterocycles. The van der Waals surface area contributed by atoms with Crippen LogP contribution < -0.4 is 5.32 Å². The molecule has 0 aromatic rings. The van der Waals surface area contributed by atoms with Crippen molar-refractivity contribution in [3.8, 4) is 0 Å². The Bertz CT molecular complexity index is 196. The van der Waals surface area contributed by atoms with Crippen LogP contribution in [0, 0.1) is 0 Å². The Morgan fingerprint density at radius 3 is 3.07 bits per heavy atom. The summed E-state index contributed by atoms with van der Waals surface area (Å²) in [5.74, 6) is 0. The quantitative estimate of drug-likeness (QED) is 0.665. The lowest BCUT2D eigenvalue weighted by molar-refractivity contribution is 0.138. The highest BCUT2D eigenvalue weighted by Crippen LogP contribution is 2.09. The molecular formula is C9H18N2O3. The number of carbonyl (C=O) groups is 1. The molecule has 0 aliphatic carbocycles. The molecule has 1 heterocycles. The van der Waals surface area contributed by atoms with Crippen molar-refractivity contribution in [1.29, 1.82) is 0 Å². The van der Waals surface area contributed by atoms with Crippen LogP contribution in [0.1, 0.15) is 13.3 Å². The Balaban J connectivity index is 2.23. The third kappa shape index (κ3) is 3.51. The van der Waals surface area contributed by atoms with Gasteiger partial charge in [-0.1, -0.05) is 0 Å². The maximum absolute atomic E-state index is 10.9. The first-order chi connectivity index (χ1) is 6.61. The topological polar surface area (TPSA) is 61.8 Å². The monoisotopic (exact) mass is 202 g/mol. The molecule has 14 heavy (non-hydrogen) atoms. The van der Waals surface area contributed by atoms with Gasteiger partial charge in [0.1, 0.15) is 0 Å². The van der Waals surface area contributed by atoms with E-state index in [0.717, 1.165) is 19.5 Å². The van der Waals surface area contributed by atoms with E-state index in [0.29, 0.717) is 6.54 Å². The largest absolute Gasteiger partial charge is 0.453 e. The highest BCUT2D eigenvalue weighted by atomic mass is 16.5. The molecule has 2 atom stereocenters. The number of aliphatic hydroxyl groups excluding tert-OH is 1. The van der Waals surface area contributed by atoms with Crippen LogP contribution in [0.5, 0.6) is 0 Å². The summed E-state index contributed by atoms with van der Waals surface area (Å²) in [6.07, 6.45) is 0.225. The first-order valence-electron chi connectivity index (χ1n) is 4.86. The number of amides is 1. The first-order valence-corrected chi connectivity index (χ1v) is 4.86. The smallest absolute Gasteiger partial charge is 0.407 e. The van der Waals surface area contributed by atoms with Crippen molar-refractivity contribution in [3.05, 3.63) is 0 Å². The summed E-state index contributed by atoms with van der Waals surface area (Å²) in [5, 5.41) is 11.9. The van der Waals surface area contributed by atoms with E-state index < -0.39 is 0 Å². The van der Waals surface area contributed by atoms with Crippen molar-refractivity contribution in [2.75, 3.05) is 26.7 Å². The molecule has 2 N–H and O–H groups in total. The number of methoxy groups -OCH3 is 1. The molecule has 0 saturated carbocycles. The summed E-state index contributed by atoms with van der Waals surface area (Å²) in [7, 11) is 1.36. The van der Waals surface area contributed by atoms with Crippen LogP contribution >= 0.6 is 0 Å².